The Balaban J connectivity index is 0. The van der Waals surface area contributed by atoms with Crippen molar-refractivity contribution in [3.63, 3.8) is 0 Å². The third kappa shape index (κ3) is 14.4. The van der Waals surface area contributed by atoms with Crippen LogP contribution in [0.25, 0.3) is 0 Å². The quantitative estimate of drug-likeness (QED) is 0.316. The van der Waals surface area contributed by atoms with E-state index in [4.69, 9.17) is 4.74 Å². The van der Waals surface area contributed by atoms with Crippen molar-refractivity contribution in [2.75, 3.05) is 6.61 Å². The Kier molecular flexibility index (Phi) is 12.4. The molecule has 104 valence electrons. The van der Waals surface area contributed by atoms with Crippen LogP contribution in [0.1, 0.15) is 47.0 Å². The molecule has 0 aliphatic rings. The van der Waals surface area contributed by atoms with Gasteiger partial charge in [0.2, 0.25) is 0 Å². The summed E-state index contributed by atoms with van der Waals surface area (Å²) >= 11 is 0. The summed E-state index contributed by atoms with van der Waals surface area (Å²) in [5.41, 5.74) is 0.469. The fourth-order valence-electron chi connectivity index (χ4n) is 0.708. The first kappa shape index (κ1) is 18.8. The van der Waals surface area contributed by atoms with Gasteiger partial charge in [-0.3, -0.25) is 4.79 Å². The van der Waals surface area contributed by atoms with Gasteiger partial charge >= 0.3 is 11.9 Å². The number of hydrogen-bond donors (Lipinski definition) is 0. The average Bonchev–Trinajstić information content (AvgIpc) is 2.29. The molecule has 0 atom stereocenters. The lowest BCUT2D eigenvalue weighted by Crippen LogP contribution is -2.05. The van der Waals surface area contributed by atoms with Crippen molar-refractivity contribution in [2.24, 2.45) is 0 Å². The van der Waals surface area contributed by atoms with Crippen LogP contribution in [-0.2, 0) is 19.1 Å². The number of ether oxygens (including phenoxy) is 2. The molecule has 0 fully saturated rings. The second-order valence-electron chi connectivity index (χ2n) is 3.76. The van der Waals surface area contributed by atoms with Crippen LogP contribution >= 0.6 is 0 Å². The topological polar surface area (TPSA) is 52.6 Å². The van der Waals surface area contributed by atoms with Crippen molar-refractivity contribution in [1.82, 2.24) is 0 Å². The number of carbonyl (C=O) groups excluding carboxylic acids is 2. The zero-order valence-corrected chi connectivity index (χ0v) is 11.9. The highest BCUT2D eigenvalue weighted by molar-refractivity contribution is 5.86. The molecule has 0 aliphatic heterocycles. The van der Waals surface area contributed by atoms with Gasteiger partial charge in [-0.2, -0.15) is 0 Å². The first-order valence-corrected chi connectivity index (χ1v) is 6.03. The molecule has 4 nitrogen and oxygen atoms in total. The van der Waals surface area contributed by atoms with Gasteiger partial charge in [0.25, 0.3) is 0 Å². The van der Waals surface area contributed by atoms with Gasteiger partial charge < -0.3 is 9.47 Å². The normalized spacial score (nSPS) is 8.67. The smallest absolute Gasteiger partial charge is 0.333 e. The van der Waals surface area contributed by atoms with Crippen LogP contribution in [0.2, 0.25) is 0 Å². The number of unbranched alkanes of at least 4 members (excludes halogenated alkanes) is 1. The fraction of sp³-hybridized carbons (Fsp3) is 0.571. The molecule has 0 amide bonds. The predicted octanol–water partition coefficient (Wildman–Crippen LogP) is 3.38. The molecule has 18 heavy (non-hydrogen) atoms. The summed E-state index contributed by atoms with van der Waals surface area (Å²) in [5.74, 6) is -0.0530. The summed E-state index contributed by atoms with van der Waals surface area (Å²) < 4.78 is 9.37. The molecule has 0 spiro atoms. The first-order valence-electron chi connectivity index (χ1n) is 6.03. The minimum atomic E-state index is -0.295. The van der Waals surface area contributed by atoms with Gasteiger partial charge in [-0.05, 0) is 13.3 Å². The minimum Gasteiger partial charge on any atom is -0.462 e. The molecule has 0 saturated heterocycles. The molecule has 4 heteroatoms. The lowest BCUT2D eigenvalue weighted by Gasteiger charge is -2.01. The molecule has 0 aromatic heterocycles. The highest BCUT2D eigenvalue weighted by Gasteiger charge is 2.00. The first-order chi connectivity index (χ1) is 8.34. The number of esters is 2. The van der Waals surface area contributed by atoms with Crippen molar-refractivity contribution in [3.8, 4) is 0 Å². The summed E-state index contributed by atoms with van der Waals surface area (Å²) in [7, 11) is 0. The van der Waals surface area contributed by atoms with Crippen molar-refractivity contribution in [1.29, 1.82) is 0 Å². The largest absolute Gasteiger partial charge is 0.462 e. The van der Waals surface area contributed by atoms with E-state index < -0.39 is 0 Å². The second kappa shape index (κ2) is 11.9. The van der Waals surface area contributed by atoms with Crippen molar-refractivity contribution >= 4 is 11.9 Å². The fourth-order valence-corrected chi connectivity index (χ4v) is 0.708. The summed E-state index contributed by atoms with van der Waals surface area (Å²) in [6, 6.07) is 0. The zero-order valence-electron chi connectivity index (χ0n) is 11.9. The lowest BCUT2D eigenvalue weighted by molar-refractivity contribution is -0.139. The number of carbonyl (C=O) groups is 2. The van der Waals surface area contributed by atoms with Crippen LogP contribution in [0.3, 0.4) is 0 Å². The van der Waals surface area contributed by atoms with E-state index in [0.717, 1.165) is 12.8 Å². The van der Waals surface area contributed by atoms with Crippen LogP contribution in [0.5, 0.6) is 0 Å². The van der Waals surface area contributed by atoms with E-state index >= 15 is 0 Å². The molecule has 0 unspecified atom stereocenters. The van der Waals surface area contributed by atoms with Gasteiger partial charge in [-0.15, -0.1) is 0 Å². The Bertz CT molecular complexity index is 292. The summed E-state index contributed by atoms with van der Waals surface area (Å²) in [6.07, 6.45) is 2.67. The molecule has 0 radical (unpaired) electrons. The average molecular weight is 256 g/mol. The summed E-state index contributed by atoms with van der Waals surface area (Å²) in [5, 5.41) is 0. The number of rotatable bonds is 6. The van der Waals surface area contributed by atoms with Crippen LogP contribution < -0.4 is 0 Å². The Morgan fingerprint density at radius 3 is 1.94 bits per heavy atom. The van der Waals surface area contributed by atoms with E-state index in [-0.39, 0.29) is 11.9 Å². The Labute approximate surface area is 110 Å². The Morgan fingerprint density at radius 1 is 1.11 bits per heavy atom. The lowest BCUT2D eigenvalue weighted by atomic mass is 10.3. The van der Waals surface area contributed by atoms with Crippen LogP contribution in [0, 0.1) is 0 Å². The van der Waals surface area contributed by atoms with E-state index in [1.807, 2.05) is 6.92 Å². The van der Waals surface area contributed by atoms with Gasteiger partial charge in [-0.1, -0.05) is 33.4 Å². The maximum Gasteiger partial charge on any atom is 0.333 e. The molecule has 0 aromatic rings. The maximum atomic E-state index is 10.7. The number of allylic oxidation sites excluding steroid dienone is 1. The standard InChI is InChI=1S/C8H14O2.C6H10O2/c1-4-5-6-10-8(9)7(2)3;1-4-5(2)8-6(3)7/h2,4-6H2,1,3H3;2,4H2,1,3H3. The van der Waals surface area contributed by atoms with Gasteiger partial charge in [0.1, 0.15) is 5.76 Å². The Hall–Kier alpha value is -1.58. The van der Waals surface area contributed by atoms with Crippen molar-refractivity contribution in [3.05, 3.63) is 24.5 Å². The molecular weight excluding hydrogens is 232 g/mol. The third-order valence-electron chi connectivity index (χ3n) is 1.76. The van der Waals surface area contributed by atoms with Crippen LogP contribution in [0.4, 0.5) is 0 Å². The van der Waals surface area contributed by atoms with Crippen molar-refractivity contribution in [2.45, 2.75) is 47.0 Å². The Morgan fingerprint density at radius 2 is 1.67 bits per heavy atom. The SMILES string of the molecule is C=C(C)C(=O)OCCCC.C=C(CC)OC(C)=O. The van der Waals surface area contributed by atoms with Gasteiger partial charge in [-0.25, -0.2) is 4.79 Å². The van der Waals surface area contributed by atoms with Crippen molar-refractivity contribution < 1.29 is 19.1 Å². The minimum absolute atomic E-state index is 0.284. The van der Waals surface area contributed by atoms with E-state index in [1.165, 1.54) is 6.92 Å². The molecular formula is C14H24O4. The predicted molar refractivity (Wildman–Crippen MR) is 71.9 cm³/mol. The molecule has 0 N–H and O–H groups in total. The van der Waals surface area contributed by atoms with E-state index in [2.05, 4.69) is 24.8 Å². The third-order valence-corrected chi connectivity index (χ3v) is 1.76. The van der Waals surface area contributed by atoms with Crippen LogP contribution in [0.15, 0.2) is 24.5 Å². The molecule has 0 bridgehead atoms. The highest BCUT2D eigenvalue weighted by Crippen LogP contribution is 1.97. The molecule has 0 aliphatic carbocycles. The monoisotopic (exact) mass is 256 g/mol. The zero-order chi connectivity index (χ0) is 14.6. The van der Waals surface area contributed by atoms with E-state index in [1.54, 1.807) is 6.92 Å². The second-order valence-corrected chi connectivity index (χ2v) is 3.76. The maximum absolute atomic E-state index is 10.7. The van der Waals surface area contributed by atoms with E-state index in [0.29, 0.717) is 24.4 Å². The van der Waals surface area contributed by atoms with Gasteiger partial charge in [0, 0.05) is 18.9 Å². The molecule has 0 heterocycles. The molecule has 0 aromatic carbocycles. The van der Waals surface area contributed by atoms with Gasteiger partial charge in [0.05, 0.1) is 6.61 Å². The van der Waals surface area contributed by atoms with Crippen LogP contribution in [-0.4, -0.2) is 18.5 Å². The summed E-state index contributed by atoms with van der Waals surface area (Å²) in [4.78, 5) is 20.8. The summed E-state index contributed by atoms with van der Waals surface area (Å²) in [6.45, 7) is 14.4. The highest BCUT2D eigenvalue weighted by atomic mass is 16.5. The van der Waals surface area contributed by atoms with Gasteiger partial charge in [0.15, 0.2) is 0 Å². The molecule has 0 rings (SSSR count). The van der Waals surface area contributed by atoms with E-state index in [9.17, 15) is 9.59 Å². The molecule has 0 saturated carbocycles. The number of hydrogen-bond acceptors (Lipinski definition) is 4.